The van der Waals surface area contributed by atoms with E-state index in [0.29, 0.717) is 28.9 Å². The van der Waals surface area contributed by atoms with Crippen molar-refractivity contribution in [3.8, 4) is 11.6 Å². The van der Waals surface area contributed by atoms with Crippen LogP contribution in [0.4, 0.5) is 39.1 Å². The van der Waals surface area contributed by atoms with E-state index < -0.39 is 29.3 Å². The Balaban J connectivity index is 1.42. The molecule has 0 spiro atoms. The quantitative estimate of drug-likeness (QED) is 0.182. The van der Waals surface area contributed by atoms with Crippen molar-refractivity contribution in [2.75, 3.05) is 30.8 Å². The summed E-state index contributed by atoms with van der Waals surface area (Å²) < 4.78 is 74.0. The van der Waals surface area contributed by atoms with Gasteiger partial charge in [-0.25, -0.2) is 4.98 Å². The number of anilines is 3. The molecule has 0 radical (unpaired) electrons. The minimum atomic E-state index is -5.84. The first-order valence-corrected chi connectivity index (χ1v) is 12.7. The van der Waals surface area contributed by atoms with Crippen LogP contribution < -0.4 is 15.4 Å². The summed E-state index contributed by atoms with van der Waals surface area (Å²) in [4.78, 5) is 22.1. The number of likely N-dealkylation sites (tertiary alicyclic amines) is 1. The highest BCUT2D eigenvalue weighted by atomic mass is 19.4. The Hall–Kier alpha value is -4.39. The number of ether oxygens (including phenoxy) is 1. The number of likely N-dealkylation sites (N-methyl/N-ethyl adjacent to an activating group) is 1. The molecule has 4 N–H and O–H groups in total. The molecule has 8 nitrogen and oxygen atoms in total. The number of amides is 1. The zero-order chi connectivity index (χ0) is 29.4. The number of H-pyrrole nitrogens is 1. The third-order valence-corrected chi connectivity index (χ3v) is 7.06. The molecule has 1 aliphatic heterocycles. The second kappa shape index (κ2) is 10.9. The fourth-order valence-corrected chi connectivity index (χ4v) is 4.78. The third kappa shape index (κ3) is 5.62. The molecular formula is C28H26F5N5O3. The van der Waals surface area contributed by atoms with Gasteiger partial charge in [0.2, 0.25) is 0 Å². The number of aromatic amines is 1. The second-order valence-electron chi connectivity index (χ2n) is 9.75. The van der Waals surface area contributed by atoms with Gasteiger partial charge in [0.25, 0.3) is 5.91 Å². The summed E-state index contributed by atoms with van der Waals surface area (Å²) in [6, 6.07) is 10.5. The summed E-state index contributed by atoms with van der Waals surface area (Å²) in [5.74, 6) is -6.41. The molecule has 0 unspecified atom stereocenters. The van der Waals surface area contributed by atoms with E-state index in [0.717, 1.165) is 25.1 Å². The lowest BCUT2D eigenvalue weighted by Crippen LogP contribution is -2.35. The highest BCUT2D eigenvalue weighted by Gasteiger charge is 2.60. The highest BCUT2D eigenvalue weighted by molar-refractivity contribution is 6.08. The van der Waals surface area contributed by atoms with Crippen molar-refractivity contribution >= 4 is 33.9 Å². The number of nitrogens with zero attached hydrogens (tertiary/aromatic N) is 2. The average molecular weight is 576 g/mol. The predicted molar refractivity (Wildman–Crippen MR) is 143 cm³/mol. The molecule has 5 rings (SSSR count). The molecule has 1 fully saturated rings. The number of fused-ring (bicyclic) bond motifs is 1. The molecule has 2 aromatic heterocycles. The number of halogens is 5. The van der Waals surface area contributed by atoms with Crippen molar-refractivity contribution in [1.82, 2.24) is 14.9 Å². The van der Waals surface area contributed by atoms with E-state index in [9.17, 15) is 31.9 Å². The fourth-order valence-electron chi connectivity index (χ4n) is 4.78. The maximum Gasteiger partial charge on any atom is 0.458 e. The Kier molecular flexibility index (Phi) is 7.47. The molecule has 216 valence electrons. The zero-order valence-electron chi connectivity index (χ0n) is 21.7. The van der Waals surface area contributed by atoms with E-state index in [2.05, 4.69) is 20.6 Å². The van der Waals surface area contributed by atoms with Gasteiger partial charge in [-0.15, -0.1) is 0 Å². The number of hydrogen-bond donors (Lipinski definition) is 4. The smallest absolute Gasteiger partial charge is 0.458 e. The van der Waals surface area contributed by atoms with E-state index in [1.165, 1.54) is 18.3 Å². The number of aromatic hydroxyl groups is 1. The van der Waals surface area contributed by atoms with E-state index >= 15 is 0 Å². The first kappa shape index (κ1) is 28.1. The Morgan fingerprint density at radius 2 is 1.95 bits per heavy atom. The minimum Gasteiger partial charge on any atom is -0.494 e. The molecule has 1 saturated heterocycles. The van der Waals surface area contributed by atoms with Crippen LogP contribution in [0.15, 0.2) is 60.9 Å². The lowest BCUT2D eigenvalue weighted by Gasteiger charge is -2.25. The summed E-state index contributed by atoms with van der Waals surface area (Å²) in [5.41, 5.74) is -0.767. The van der Waals surface area contributed by atoms with Crippen molar-refractivity contribution in [2.45, 2.75) is 31.0 Å². The Labute approximate surface area is 231 Å². The largest absolute Gasteiger partial charge is 0.494 e. The van der Waals surface area contributed by atoms with Crippen LogP contribution in [-0.2, 0) is 5.92 Å². The summed E-state index contributed by atoms with van der Waals surface area (Å²) in [6.45, 7) is 0.669. The Morgan fingerprint density at radius 3 is 2.68 bits per heavy atom. The van der Waals surface area contributed by atoms with E-state index in [4.69, 9.17) is 4.74 Å². The number of pyridine rings is 1. The number of rotatable bonds is 8. The number of benzene rings is 2. The van der Waals surface area contributed by atoms with E-state index in [1.807, 2.05) is 11.9 Å². The molecule has 0 bridgehead atoms. The summed E-state index contributed by atoms with van der Waals surface area (Å²) in [7, 11) is 1.82. The lowest BCUT2D eigenvalue weighted by molar-refractivity contribution is -0.289. The summed E-state index contributed by atoms with van der Waals surface area (Å²) >= 11 is 0. The molecule has 2 aromatic carbocycles. The molecule has 13 heteroatoms. The van der Waals surface area contributed by atoms with Crippen molar-refractivity contribution in [1.29, 1.82) is 0 Å². The molecule has 1 amide bonds. The average Bonchev–Trinajstić information content (AvgIpc) is 3.52. The normalized spacial score (nSPS) is 16.2. The first-order chi connectivity index (χ1) is 19.5. The van der Waals surface area contributed by atoms with Gasteiger partial charge >= 0.3 is 12.1 Å². The molecule has 41 heavy (non-hydrogen) atoms. The fraction of sp³-hybridized carbons (Fsp3) is 0.286. The maximum absolute atomic E-state index is 14.4. The summed E-state index contributed by atoms with van der Waals surface area (Å²) in [6.07, 6.45) is -1.24. The van der Waals surface area contributed by atoms with Crippen LogP contribution in [0.25, 0.3) is 10.8 Å². The van der Waals surface area contributed by atoms with Crippen LogP contribution in [-0.4, -0.2) is 58.3 Å². The number of carbonyl (C=O) groups excluding carboxylic acids is 1. The van der Waals surface area contributed by atoms with Gasteiger partial charge in [-0.05, 0) is 62.8 Å². The van der Waals surface area contributed by atoms with Crippen LogP contribution >= 0.6 is 0 Å². The molecule has 1 aliphatic rings. The molecule has 0 aliphatic carbocycles. The minimum absolute atomic E-state index is 0.0280. The maximum atomic E-state index is 14.4. The van der Waals surface area contributed by atoms with Crippen molar-refractivity contribution in [2.24, 2.45) is 0 Å². The van der Waals surface area contributed by atoms with Gasteiger partial charge in [0.1, 0.15) is 18.2 Å². The van der Waals surface area contributed by atoms with Gasteiger partial charge in [0.05, 0.1) is 11.1 Å². The van der Waals surface area contributed by atoms with Crippen molar-refractivity contribution in [3.05, 3.63) is 72.1 Å². The van der Waals surface area contributed by atoms with Gasteiger partial charge in [0, 0.05) is 46.6 Å². The third-order valence-electron chi connectivity index (χ3n) is 7.06. The van der Waals surface area contributed by atoms with Crippen molar-refractivity contribution < 1.29 is 36.6 Å². The molecule has 3 heterocycles. The topological polar surface area (TPSA) is 103 Å². The number of alkyl halides is 5. The van der Waals surface area contributed by atoms with Crippen LogP contribution in [0.5, 0.6) is 11.6 Å². The molecular weight excluding hydrogens is 549 g/mol. The SMILES string of the molecule is CN1CCC[C@H]1COc1cc(NC(=O)c2cccnc2Nc2cccc3c(O)[nH]cc23)ccc1C(F)(F)C(F)(F)F. The Morgan fingerprint density at radius 1 is 1.15 bits per heavy atom. The number of nitrogens with one attached hydrogen (secondary N) is 3. The summed E-state index contributed by atoms with van der Waals surface area (Å²) in [5, 5.41) is 16.7. The van der Waals surface area contributed by atoms with E-state index in [-0.39, 0.29) is 35.6 Å². The van der Waals surface area contributed by atoms with Crippen LogP contribution in [0, 0.1) is 0 Å². The van der Waals surface area contributed by atoms with Gasteiger partial charge in [0.15, 0.2) is 5.88 Å². The van der Waals surface area contributed by atoms with Gasteiger partial charge in [-0.1, -0.05) is 6.07 Å². The Bertz CT molecular complexity index is 1570. The second-order valence-corrected chi connectivity index (χ2v) is 9.75. The first-order valence-electron chi connectivity index (χ1n) is 12.7. The molecule has 0 saturated carbocycles. The number of hydrogen-bond acceptors (Lipinski definition) is 6. The zero-order valence-corrected chi connectivity index (χ0v) is 21.7. The lowest BCUT2D eigenvalue weighted by atomic mass is 10.1. The van der Waals surface area contributed by atoms with Crippen molar-refractivity contribution in [3.63, 3.8) is 0 Å². The van der Waals surface area contributed by atoms with Crippen LogP contribution in [0.3, 0.4) is 0 Å². The molecule has 1 atom stereocenters. The predicted octanol–water partition coefficient (Wildman–Crippen LogP) is 6.39. The monoisotopic (exact) mass is 575 g/mol. The number of aromatic nitrogens is 2. The van der Waals surface area contributed by atoms with E-state index in [1.54, 1.807) is 24.4 Å². The van der Waals surface area contributed by atoms with Gasteiger partial charge < -0.3 is 30.4 Å². The number of carbonyl (C=O) groups is 1. The van der Waals surface area contributed by atoms with Crippen LogP contribution in [0.2, 0.25) is 0 Å². The highest BCUT2D eigenvalue weighted by Crippen LogP contribution is 2.48. The van der Waals surface area contributed by atoms with Crippen LogP contribution in [0.1, 0.15) is 28.8 Å². The standard InChI is InChI=1S/C28H26F5N5O3/c1-38-12-4-5-17(38)15-41-23-13-16(9-10-21(23)27(29,30)28(31,32)33)36-26(40)19-7-3-11-34-24(19)37-22-8-2-6-18-20(22)14-35-25(18)39/h2-3,6-11,13-14,17,35,39H,4-5,12,15H2,1H3,(H,34,37)(H,36,40)/t17-/m0/s1. The molecule has 4 aromatic rings. The van der Waals surface area contributed by atoms with Gasteiger partial charge in [-0.3, -0.25) is 4.79 Å². The van der Waals surface area contributed by atoms with Gasteiger partial charge in [-0.2, -0.15) is 22.0 Å².